The second-order valence-electron chi connectivity index (χ2n) is 4.43. The van der Waals surface area contributed by atoms with Crippen LogP contribution in [0.4, 0.5) is 15.8 Å². The van der Waals surface area contributed by atoms with Gasteiger partial charge in [0.1, 0.15) is 11.9 Å². The minimum atomic E-state index is -0.564. The van der Waals surface area contributed by atoms with Crippen molar-refractivity contribution in [2.75, 3.05) is 17.2 Å². The molecular formula is C12H15ClFN3O. The van der Waals surface area contributed by atoms with Crippen LogP contribution in [-0.4, -0.2) is 18.5 Å². The number of nitrogen functional groups attached to an aromatic ring is 1. The van der Waals surface area contributed by atoms with Crippen LogP contribution >= 0.6 is 11.6 Å². The minimum Gasteiger partial charge on any atom is -0.397 e. The number of carbonyl (C=O) groups is 1. The third-order valence-electron chi connectivity index (χ3n) is 3.21. The van der Waals surface area contributed by atoms with Gasteiger partial charge in [0.25, 0.3) is 0 Å². The quantitative estimate of drug-likeness (QED) is 0.807. The molecule has 0 saturated carbocycles. The number of anilines is 2. The van der Waals surface area contributed by atoms with Crippen molar-refractivity contribution in [3.63, 3.8) is 0 Å². The minimum absolute atomic E-state index is 0.00649. The van der Waals surface area contributed by atoms with Crippen molar-refractivity contribution in [3.8, 4) is 0 Å². The first-order valence-corrected chi connectivity index (χ1v) is 6.19. The van der Waals surface area contributed by atoms with E-state index in [-0.39, 0.29) is 10.7 Å². The second kappa shape index (κ2) is 5.02. The van der Waals surface area contributed by atoms with Crippen molar-refractivity contribution in [2.24, 2.45) is 5.73 Å². The third kappa shape index (κ3) is 2.36. The standard InChI is InChI=1S/C12H15ClFN3O/c13-7-5-11(9(15)6-8(7)14)17-4-2-1-3-10(17)12(16)18/h5-6,10H,1-4,15H2,(H2,16,18). The summed E-state index contributed by atoms with van der Waals surface area (Å²) < 4.78 is 13.3. The average Bonchev–Trinajstić information content (AvgIpc) is 2.34. The van der Waals surface area contributed by atoms with Crippen LogP contribution in [0, 0.1) is 5.82 Å². The molecule has 2 rings (SSSR count). The van der Waals surface area contributed by atoms with Crippen LogP contribution < -0.4 is 16.4 Å². The number of nitrogens with zero attached hydrogens (tertiary/aromatic N) is 1. The molecule has 0 aromatic heterocycles. The fraction of sp³-hybridized carbons (Fsp3) is 0.417. The summed E-state index contributed by atoms with van der Waals surface area (Å²) in [4.78, 5) is 13.2. The summed E-state index contributed by atoms with van der Waals surface area (Å²) in [5.41, 5.74) is 12.0. The molecule has 1 aliphatic heterocycles. The topological polar surface area (TPSA) is 72.4 Å². The van der Waals surface area contributed by atoms with Crippen molar-refractivity contribution < 1.29 is 9.18 Å². The fourth-order valence-corrected chi connectivity index (χ4v) is 2.47. The molecule has 4 N–H and O–H groups in total. The number of piperidine rings is 1. The maximum absolute atomic E-state index is 13.3. The zero-order chi connectivity index (χ0) is 13.3. The van der Waals surface area contributed by atoms with Crippen LogP contribution in [-0.2, 0) is 4.79 Å². The number of amides is 1. The van der Waals surface area contributed by atoms with Gasteiger partial charge >= 0.3 is 0 Å². The van der Waals surface area contributed by atoms with E-state index in [1.54, 1.807) is 0 Å². The number of primary amides is 1. The van der Waals surface area contributed by atoms with Crippen LogP contribution in [0.15, 0.2) is 12.1 Å². The molecule has 1 aliphatic rings. The van der Waals surface area contributed by atoms with Crippen molar-refractivity contribution in [1.29, 1.82) is 0 Å². The highest BCUT2D eigenvalue weighted by atomic mass is 35.5. The molecule has 1 saturated heterocycles. The highest BCUT2D eigenvalue weighted by Crippen LogP contribution is 2.33. The molecule has 1 atom stereocenters. The number of benzene rings is 1. The number of nitrogens with two attached hydrogens (primary N) is 2. The molecule has 98 valence electrons. The third-order valence-corrected chi connectivity index (χ3v) is 3.50. The van der Waals surface area contributed by atoms with E-state index in [0.717, 1.165) is 12.8 Å². The van der Waals surface area contributed by atoms with E-state index < -0.39 is 17.8 Å². The number of carbonyl (C=O) groups excluding carboxylic acids is 1. The molecule has 1 heterocycles. The Morgan fingerprint density at radius 2 is 2.17 bits per heavy atom. The van der Waals surface area contributed by atoms with Gasteiger partial charge in [0.05, 0.1) is 16.4 Å². The van der Waals surface area contributed by atoms with Crippen molar-refractivity contribution >= 4 is 28.9 Å². The van der Waals surface area contributed by atoms with Crippen molar-refractivity contribution in [3.05, 3.63) is 23.0 Å². The van der Waals surface area contributed by atoms with E-state index in [1.165, 1.54) is 12.1 Å². The molecule has 1 aromatic carbocycles. The van der Waals surface area contributed by atoms with Crippen molar-refractivity contribution in [2.45, 2.75) is 25.3 Å². The number of hydrogen-bond donors (Lipinski definition) is 2. The Kier molecular flexibility index (Phi) is 3.61. The van der Waals surface area contributed by atoms with Gasteiger partial charge < -0.3 is 16.4 Å². The molecule has 0 bridgehead atoms. The van der Waals surface area contributed by atoms with Gasteiger partial charge in [0.2, 0.25) is 5.91 Å². The Morgan fingerprint density at radius 1 is 1.44 bits per heavy atom. The molecule has 18 heavy (non-hydrogen) atoms. The summed E-state index contributed by atoms with van der Waals surface area (Å²) in [7, 11) is 0. The van der Waals surface area contributed by atoms with Crippen LogP contribution in [0.5, 0.6) is 0 Å². The summed E-state index contributed by atoms with van der Waals surface area (Å²) in [6.45, 7) is 0.666. The molecule has 1 aromatic rings. The molecule has 1 amide bonds. The first-order chi connectivity index (χ1) is 8.50. The summed E-state index contributed by atoms with van der Waals surface area (Å²) in [5.74, 6) is -0.958. The van der Waals surface area contributed by atoms with Gasteiger partial charge in [-0.1, -0.05) is 11.6 Å². The van der Waals surface area contributed by atoms with E-state index in [2.05, 4.69) is 0 Å². The molecule has 4 nitrogen and oxygen atoms in total. The largest absolute Gasteiger partial charge is 0.397 e. The van der Waals surface area contributed by atoms with E-state index in [9.17, 15) is 9.18 Å². The maximum atomic E-state index is 13.3. The lowest BCUT2D eigenvalue weighted by Crippen LogP contribution is -2.48. The summed E-state index contributed by atoms with van der Waals surface area (Å²) in [6, 6.07) is 2.22. The van der Waals surface area contributed by atoms with E-state index in [4.69, 9.17) is 23.1 Å². The number of halogens is 2. The average molecular weight is 272 g/mol. The molecule has 6 heteroatoms. The molecule has 1 fully saturated rings. The van der Waals surface area contributed by atoms with Gasteiger partial charge in [-0.3, -0.25) is 4.79 Å². The highest BCUT2D eigenvalue weighted by molar-refractivity contribution is 6.31. The van der Waals surface area contributed by atoms with E-state index >= 15 is 0 Å². The van der Waals surface area contributed by atoms with Gasteiger partial charge in [0.15, 0.2) is 0 Å². The molecule has 0 radical (unpaired) electrons. The zero-order valence-corrected chi connectivity index (χ0v) is 10.6. The first kappa shape index (κ1) is 13.0. The van der Waals surface area contributed by atoms with Gasteiger partial charge in [0, 0.05) is 12.6 Å². The Hall–Kier alpha value is -1.49. The predicted octanol–water partition coefficient (Wildman–Crippen LogP) is 1.91. The highest BCUT2D eigenvalue weighted by Gasteiger charge is 2.28. The predicted molar refractivity (Wildman–Crippen MR) is 70.0 cm³/mol. The number of rotatable bonds is 2. The van der Waals surface area contributed by atoms with Gasteiger partial charge in [-0.05, 0) is 25.3 Å². The molecule has 0 spiro atoms. The van der Waals surface area contributed by atoms with Crippen LogP contribution in [0.2, 0.25) is 5.02 Å². The van der Waals surface area contributed by atoms with E-state index in [0.29, 0.717) is 18.7 Å². The van der Waals surface area contributed by atoms with Crippen molar-refractivity contribution in [1.82, 2.24) is 0 Å². The van der Waals surface area contributed by atoms with Crippen LogP contribution in [0.1, 0.15) is 19.3 Å². The Morgan fingerprint density at radius 3 is 2.83 bits per heavy atom. The lowest BCUT2D eigenvalue weighted by Gasteiger charge is -2.36. The lowest BCUT2D eigenvalue weighted by atomic mass is 10.0. The summed E-state index contributed by atoms with van der Waals surface area (Å²) in [6.07, 6.45) is 2.57. The normalized spacial score (nSPS) is 19.9. The molecule has 0 aliphatic carbocycles. The molecule has 1 unspecified atom stereocenters. The van der Waals surface area contributed by atoms with Gasteiger partial charge in [-0.15, -0.1) is 0 Å². The summed E-state index contributed by atoms with van der Waals surface area (Å²) >= 11 is 5.76. The summed E-state index contributed by atoms with van der Waals surface area (Å²) in [5, 5.41) is -0.00649. The van der Waals surface area contributed by atoms with Crippen LogP contribution in [0.25, 0.3) is 0 Å². The second-order valence-corrected chi connectivity index (χ2v) is 4.84. The van der Waals surface area contributed by atoms with E-state index in [1.807, 2.05) is 4.90 Å². The number of hydrogen-bond acceptors (Lipinski definition) is 3. The smallest absolute Gasteiger partial charge is 0.240 e. The zero-order valence-electron chi connectivity index (χ0n) is 9.83. The fourth-order valence-electron chi connectivity index (χ4n) is 2.32. The Labute approximate surface area is 110 Å². The van der Waals surface area contributed by atoms with Gasteiger partial charge in [-0.2, -0.15) is 0 Å². The Bertz CT molecular complexity index is 481. The lowest BCUT2D eigenvalue weighted by molar-refractivity contribution is -0.119. The van der Waals surface area contributed by atoms with Gasteiger partial charge in [-0.25, -0.2) is 4.39 Å². The monoisotopic (exact) mass is 271 g/mol. The maximum Gasteiger partial charge on any atom is 0.240 e. The van der Waals surface area contributed by atoms with Crippen LogP contribution in [0.3, 0.4) is 0 Å². The SMILES string of the molecule is NC(=O)C1CCCCN1c1cc(Cl)c(F)cc1N. The molecular weight excluding hydrogens is 257 g/mol. The first-order valence-electron chi connectivity index (χ1n) is 5.81. The Balaban J connectivity index is 2.39.